The molecule has 0 unspecified atom stereocenters. The number of nitrogens with one attached hydrogen (secondary N) is 1. The molecule has 1 aliphatic carbocycles. The highest BCUT2D eigenvalue weighted by molar-refractivity contribution is 5.91. The average Bonchev–Trinajstić information content (AvgIpc) is 2.52. The van der Waals surface area contributed by atoms with Crippen molar-refractivity contribution in [3.8, 4) is 0 Å². The van der Waals surface area contributed by atoms with Gasteiger partial charge < -0.3 is 16.0 Å². The first-order valence-electron chi connectivity index (χ1n) is 7.87. The normalized spacial score (nSPS) is 16.1. The molecule has 0 aliphatic heterocycles. The highest BCUT2D eigenvalue weighted by Crippen LogP contribution is 2.21. The fourth-order valence-electron chi connectivity index (χ4n) is 2.94. The Hall–Kier alpha value is -1.62. The topological polar surface area (TPSA) is 71.2 Å². The van der Waals surface area contributed by atoms with Crippen molar-refractivity contribution >= 4 is 11.6 Å². The fourth-order valence-corrected chi connectivity index (χ4v) is 2.94. The molecule has 5 heteroatoms. The lowest BCUT2D eigenvalue weighted by atomic mass is 9.94. The summed E-state index contributed by atoms with van der Waals surface area (Å²) in [5, 5.41) is 3.32. The van der Waals surface area contributed by atoms with Crippen LogP contribution in [0.3, 0.4) is 0 Å². The van der Waals surface area contributed by atoms with Gasteiger partial charge in [0.25, 0.3) is 5.91 Å². The van der Waals surface area contributed by atoms with Gasteiger partial charge in [-0.1, -0.05) is 19.3 Å². The first-order valence-corrected chi connectivity index (χ1v) is 7.87. The zero-order chi connectivity index (χ0) is 15.1. The molecule has 1 aliphatic rings. The van der Waals surface area contributed by atoms with E-state index in [1.54, 1.807) is 12.3 Å². The molecule has 1 aromatic heterocycles. The maximum Gasteiger partial charge on any atom is 0.267 e. The number of amides is 1. The molecule has 1 aromatic rings. The number of nitrogens with two attached hydrogens (primary N) is 1. The summed E-state index contributed by atoms with van der Waals surface area (Å²) in [6.07, 6.45) is 9.53. The number of aromatic nitrogens is 1. The lowest BCUT2D eigenvalue weighted by Gasteiger charge is -2.31. The van der Waals surface area contributed by atoms with Crippen LogP contribution in [0.25, 0.3) is 0 Å². The molecule has 1 amide bonds. The van der Waals surface area contributed by atoms with Gasteiger partial charge in [-0.25, -0.2) is 0 Å². The van der Waals surface area contributed by atoms with Crippen molar-refractivity contribution in [2.45, 2.75) is 44.6 Å². The number of carbonyl (C=O) groups excluding carboxylic acids is 1. The summed E-state index contributed by atoms with van der Waals surface area (Å²) in [5.41, 5.74) is 6.43. The van der Waals surface area contributed by atoms with E-state index < -0.39 is 5.91 Å². The molecule has 1 saturated carbocycles. The van der Waals surface area contributed by atoms with Crippen LogP contribution in [0.2, 0.25) is 0 Å². The van der Waals surface area contributed by atoms with E-state index in [9.17, 15) is 4.79 Å². The highest BCUT2D eigenvalue weighted by atomic mass is 16.1. The van der Waals surface area contributed by atoms with E-state index in [1.807, 2.05) is 6.07 Å². The molecule has 0 radical (unpaired) electrons. The Kier molecular flexibility index (Phi) is 5.99. The molecule has 0 bridgehead atoms. The van der Waals surface area contributed by atoms with Crippen molar-refractivity contribution in [2.75, 3.05) is 25.5 Å². The van der Waals surface area contributed by atoms with Crippen LogP contribution in [0.4, 0.5) is 5.69 Å². The number of rotatable bonds is 7. The maximum absolute atomic E-state index is 11.1. The molecule has 0 atom stereocenters. The van der Waals surface area contributed by atoms with Crippen LogP contribution in [0, 0.1) is 0 Å². The van der Waals surface area contributed by atoms with Crippen molar-refractivity contribution in [2.24, 2.45) is 5.73 Å². The number of hydrogen-bond acceptors (Lipinski definition) is 4. The van der Waals surface area contributed by atoms with E-state index >= 15 is 0 Å². The SMILES string of the molecule is CN(CCCNc1ccnc(C(N)=O)c1)C1CCCCC1. The van der Waals surface area contributed by atoms with Gasteiger partial charge in [-0.2, -0.15) is 0 Å². The van der Waals surface area contributed by atoms with E-state index in [4.69, 9.17) is 5.73 Å². The van der Waals surface area contributed by atoms with Crippen LogP contribution in [0.15, 0.2) is 18.3 Å². The van der Waals surface area contributed by atoms with Crippen LogP contribution < -0.4 is 11.1 Å². The van der Waals surface area contributed by atoms with Gasteiger partial charge in [-0.3, -0.25) is 9.78 Å². The molecule has 2 rings (SSSR count). The number of anilines is 1. The highest BCUT2D eigenvalue weighted by Gasteiger charge is 2.17. The largest absolute Gasteiger partial charge is 0.385 e. The van der Waals surface area contributed by atoms with E-state index in [0.717, 1.165) is 31.2 Å². The minimum atomic E-state index is -0.490. The number of pyridine rings is 1. The summed E-state index contributed by atoms with van der Waals surface area (Å²) < 4.78 is 0. The molecular formula is C16H26N4O. The Balaban J connectivity index is 1.69. The van der Waals surface area contributed by atoms with E-state index in [1.165, 1.54) is 32.1 Å². The van der Waals surface area contributed by atoms with Gasteiger partial charge in [0.1, 0.15) is 5.69 Å². The third-order valence-electron chi connectivity index (χ3n) is 4.23. The minimum absolute atomic E-state index is 0.305. The fraction of sp³-hybridized carbons (Fsp3) is 0.625. The predicted molar refractivity (Wildman–Crippen MR) is 85.4 cm³/mol. The molecule has 0 spiro atoms. The first-order chi connectivity index (χ1) is 10.2. The van der Waals surface area contributed by atoms with E-state index in [0.29, 0.717) is 5.69 Å². The van der Waals surface area contributed by atoms with Gasteiger partial charge in [0.15, 0.2) is 0 Å². The molecule has 0 saturated heterocycles. The van der Waals surface area contributed by atoms with Crippen molar-refractivity contribution in [3.05, 3.63) is 24.0 Å². The van der Waals surface area contributed by atoms with E-state index in [-0.39, 0.29) is 0 Å². The van der Waals surface area contributed by atoms with Crippen LogP contribution in [0.1, 0.15) is 49.0 Å². The second kappa shape index (κ2) is 7.98. The summed E-state index contributed by atoms with van der Waals surface area (Å²) in [5.74, 6) is -0.490. The molecule has 0 aromatic carbocycles. The second-order valence-electron chi connectivity index (χ2n) is 5.85. The standard InChI is InChI=1S/C16H26N4O/c1-20(14-6-3-2-4-7-14)11-5-9-18-13-8-10-19-15(12-13)16(17)21/h8,10,12,14H,2-7,9,11H2,1H3,(H2,17,21)(H,18,19). The Labute approximate surface area is 126 Å². The van der Waals surface area contributed by atoms with Crippen LogP contribution in [0.5, 0.6) is 0 Å². The molecular weight excluding hydrogens is 264 g/mol. The van der Waals surface area contributed by atoms with Crippen LogP contribution in [-0.2, 0) is 0 Å². The number of hydrogen-bond donors (Lipinski definition) is 2. The van der Waals surface area contributed by atoms with Gasteiger partial charge >= 0.3 is 0 Å². The Morgan fingerprint density at radius 3 is 2.90 bits per heavy atom. The van der Waals surface area contributed by atoms with Gasteiger partial charge in [-0.15, -0.1) is 0 Å². The molecule has 5 nitrogen and oxygen atoms in total. The lowest BCUT2D eigenvalue weighted by Crippen LogP contribution is -2.34. The summed E-state index contributed by atoms with van der Waals surface area (Å²) in [6.45, 7) is 1.99. The van der Waals surface area contributed by atoms with Gasteiger partial charge in [-0.05, 0) is 45.0 Å². The Bertz CT molecular complexity index is 457. The summed E-state index contributed by atoms with van der Waals surface area (Å²) in [4.78, 5) is 17.5. The zero-order valence-corrected chi connectivity index (χ0v) is 12.8. The zero-order valence-electron chi connectivity index (χ0n) is 12.8. The summed E-state index contributed by atoms with van der Waals surface area (Å²) in [7, 11) is 2.23. The number of carbonyl (C=O) groups is 1. The molecule has 21 heavy (non-hydrogen) atoms. The lowest BCUT2D eigenvalue weighted by molar-refractivity contribution is 0.0995. The monoisotopic (exact) mass is 290 g/mol. The molecule has 1 heterocycles. The number of primary amides is 1. The van der Waals surface area contributed by atoms with Crippen molar-refractivity contribution in [3.63, 3.8) is 0 Å². The van der Waals surface area contributed by atoms with Crippen molar-refractivity contribution in [1.82, 2.24) is 9.88 Å². The summed E-state index contributed by atoms with van der Waals surface area (Å²) in [6, 6.07) is 4.32. The van der Waals surface area contributed by atoms with Crippen LogP contribution in [-0.4, -0.2) is 42.0 Å². The number of nitrogens with zero attached hydrogens (tertiary/aromatic N) is 2. The molecule has 116 valence electrons. The van der Waals surface area contributed by atoms with Crippen LogP contribution >= 0.6 is 0 Å². The van der Waals surface area contributed by atoms with Crippen molar-refractivity contribution in [1.29, 1.82) is 0 Å². The Morgan fingerprint density at radius 2 is 2.19 bits per heavy atom. The summed E-state index contributed by atoms with van der Waals surface area (Å²) >= 11 is 0. The average molecular weight is 290 g/mol. The van der Waals surface area contributed by atoms with Crippen molar-refractivity contribution < 1.29 is 4.79 Å². The van der Waals surface area contributed by atoms with E-state index in [2.05, 4.69) is 22.2 Å². The maximum atomic E-state index is 11.1. The Morgan fingerprint density at radius 1 is 1.43 bits per heavy atom. The molecule has 3 N–H and O–H groups in total. The second-order valence-corrected chi connectivity index (χ2v) is 5.85. The molecule has 1 fully saturated rings. The van der Waals surface area contributed by atoms with Gasteiger partial charge in [0, 0.05) is 24.5 Å². The van der Waals surface area contributed by atoms with Gasteiger partial charge in [0.2, 0.25) is 0 Å². The smallest absolute Gasteiger partial charge is 0.267 e. The first kappa shape index (κ1) is 15.8. The van der Waals surface area contributed by atoms with Gasteiger partial charge in [0.05, 0.1) is 0 Å². The third-order valence-corrected chi connectivity index (χ3v) is 4.23. The predicted octanol–water partition coefficient (Wildman–Crippen LogP) is 2.25. The minimum Gasteiger partial charge on any atom is -0.385 e. The third kappa shape index (κ3) is 5.01. The quantitative estimate of drug-likeness (QED) is 0.756.